The number of fused-ring (bicyclic) bond motifs is 1. The maximum absolute atomic E-state index is 5.90. The van der Waals surface area contributed by atoms with Crippen molar-refractivity contribution in [2.24, 2.45) is 0 Å². The number of nitrogens with zero attached hydrogens (tertiary/aromatic N) is 1. The van der Waals surface area contributed by atoms with E-state index in [0.717, 1.165) is 18.9 Å². The van der Waals surface area contributed by atoms with Crippen molar-refractivity contribution in [3.8, 4) is 0 Å². The highest BCUT2D eigenvalue weighted by Crippen LogP contribution is 2.27. The molecule has 0 radical (unpaired) electrons. The molecule has 0 unspecified atom stereocenters. The largest absolute Gasteiger partial charge is 0.234 e. The van der Waals surface area contributed by atoms with Crippen LogP contribution in [0.5, 0.6) is 0 Å². The zero-order valence-corrected chi connectivity index (χ0v) is 10.9. The standard InChI is InChI=1S/C9H4BrClIN/c10-6-4-5-2-1-3-7(12)8(5)13-9(6)11/h1-4H. The lowest BCUT2D eigenvalue weighted by molar-refractivity contribution is 1.38. The Morgan fingerprint density at radius 3 is 2.92 bits per heavy atom. The minimum absolute atomic E-state index is 0.511. The summed E-state index contributed by atoms with van der Waals surface area (Å²) in [5, 5.41) is 1.61. The van der Waals surface area contributed by atoms with Gasteiger partial charge in [0, 0.05) is 8.96 Å². The maximum Gasteiger partial charge on any atom is 0.143 e. The van der Waals surface area contributed by atoms with Gasteiger partial charge in [-0.3, -0.25) is 0 Å². The van der Waals surface area contributed by atoms with E-state index in [0.29, 0.717) is 5.15 Å². The van der Waals surface area contributed by atoms with E-state index in [1.54, 1.807) is 0 Å². The van der Waals surface area contributed by atoms with Gasteiger partial charge in [-0.2, -0.15) is 0 Å². The zero-order chi connectivity index (χ0) is 9.42. The molecule has 1 aromatic carbocycles. The third-order valence-electron chi connectivity index (χ3n) is 1.71. The van der Waals surface area contributed by atoms with E-state index in [4.69, 9.17) is 11.6 Å². The molecule has 0 aliphatic carbocycles. The van der Waals surface area contributed by atoms with Crippen LogP contribution in [0.3, 0.4) is 0 Å². The highest BCUT2D eigenvalue weighted by molar-refractivity contribution is 14.1. The van der Waals surface area contributed by atoms with Gasteiger partial charge < -0.3 is 0 Å². The first kappa shape index (κ1) is 9.68. The summed E-state index contributed by atoms with van der Waals surface area (Å²) >= 11 is 11.5. The summed E-state index contributed by atoms with van der Waals surface area (Å²) in [5.41, 5.74) is 0.955. The molecule has 0 aliphatic rings. The molecule has 1 nitrogen and oxygen atoms in total. The van der Waals surface area contributed by atoms with E-state index in [1.807, 2.05) is 24.3 Å². The quantitative estimate of drug-likeness (QED) is 0.500. The van der Waals surface area contributed by atoms with Crippen LogP contribution in [0.15, 0.2) is 28.7 Å². The molecule has 0 N–H and O–H groups in total. The number of hydrogen-bond donors (Lipinski definition) is 0. The van der Waals surface area contributed by atoms with Crippen LogP contribution in [0.2, 0.25) is 5.15 Å². The van der Waals surface area contributed by atoms with Gasteiger partial charge in [0.25, 0.3) is 0 Å². The molecule has 0 saturated heterocycles. The molecule has 0 amide bonds. The summed E-state index contributed by atoms with van der Waals surface area (Å²) in [4.78, 5) is 4.29. The lowest BCUT2D eigenvalue weighted by atomic mass is 10.2. The van der Waals surface area contributed by atoms with E-state index in [2.05, 4.69) is 43.5 Å². The monoisotopic (exact) mass is 367 g/mol. The molecule has 1 aromatic heterocycles. The first-order valence-corrected chi connectivity index (χ1v) is 5.84. The van der Waals surface area contributed by atoms with Gasteiger partial charge in [-0.05, 0) is 50.7 Å². The lowest BCUT2D eigenvalue weighted by Crippen LogP contribution is -1.84. The van der Waals surface area contributed by atoms with Crippen molar-refractivity contribution in [3.05, 3.63) is 37.5 Å². The molecule has 0 spiro atoms. The topological polar surface area (TPSA) is 12.9 Å². The molecule has 2 rings (SSSR count). The van der Waals surface area contributed by atoms with Crippen LogP contribution in [0.4, 0.5) is 0 Å². The van der Waals surface area contributed by atoms with Gasteiger partial charge in [0.15, 0.2) is 0 Å². The van der Waals surface area contributed by atoms with Crippen LogP contribution < -0.4 is 0 Å². The van der Waals surface area contributed by atoms with Crippen molar-refractivity contribution in [3.63, 3.8) is 0 Å². The smallest absolute Gasteiger partial charge is 0.143 e. The van der Waals surface area contributed by atoms with E-state index in [-0.39, 0.29) is 0 Å². The van der Waals surface area contributed by atoms with Gasteiger partial charge in [0.1, 0.15) is 5.15 Å². The van der Waals surface area contributed by atoms with Crippen molar-refractivity contribution in [2.45, 2.75) is 0 Å². The predicted molar refractivity (Wildman–Crippen MR) is 67.2 cm³/mol. The Morgan fingerprint density at radius 1 is 1.38 bits per heavy atom. The number of pyridine rings is 1. The normalized spacial score (nSPS) is 10.7. The van der Waals surface area contributed by atoms with Crippen LogP contribution in [0.25, 0.3) is 10.9 Å². The number of benzene rings is 1. The average molecular weight is 368 g/mol. The van der Waals surface area contributed by atoms with Crippen molar-refractivity contribution in [1.29, 1.82) is 0 Å². The Kier molecular flexibility index (Phi) is 2.76. The molecule has 0 aliphatic heterocycles. The molecule has 4 heteroatoms. The molecule has 0 atom stereocenters. The molecule has 13 heavy (non-hydrogen) atoms. The Hall–Kier alpha value is 0.130. The van der Waals surface area contributed by atoms with Crippen LogP contribution >= 0.6 is 50.1 Å². The SMILES string of the molecule is Clc1nc2c(I)cccc2cc1Br. The first-order chi connectivity index (χ1) is 6.18. The molecule has 0 fully saturated rings. The lowest BCUT2D eigenvalue weighted by Gasteiger charge is -2.01. The average Bonchev–Trinajstić information content (AvgIpc) is 2.09. The molecule has 0 saturated carbocycles. The molecule has 0 bridgehead atoms. The Labute approximate surface area is 103 Å². The Morgan fingerprint density at radius 2 is 2.15 bits per heavy atom. The van der Waals surface area contributed by atoms with E-state index < -0.39 is 0 Å². The van der Waals surface area contributed by atoms with Crippen LogP contribution in [0.1, 0.15) is 0 Å². The van der Waals surface area contributed by atoms with Gasteiger partial charge in [-0.15, -0.1) is 0 Å². The number of halogens is 3. The molecular weight excluding hydrogens is 364 g/mol. The van der Waals surface area contributed by atoms with Gasteiger partial charge >= 0.3 is 0 Å². The fourth-order valence-corrected chi connectivity index (χ4v) is 2.23. The number of rotatable bonds is 0. The second kappa shape index (κ2) is 3.71. The molecular formula is C9H4BrClIN. The summed E-state index contributed by atoms with van der Waals surface area (Å²) in [6.07, 6.45) is 0. The first-order valence-electron chi connectivity index (χ1n) is 3.59. The highest BCUT2D eigenvalue weighted by Gasteiger charge is 2.03. The van der Waals surface area contributed by atoms with Crippen molar-refractivity contribution in [2.75, 3.05) is 0 Å². The van der Waals surface area contributed by atoms with E-state index in [9.17, 15) is 0 Å². The molecule has 2 aromatic rings. The fourth-order valence-electron chi connectivity index (χ4n) is 1.11. The van der Waals surface area contributed by atoms with Crippen molar-refractivity contribution < 1.29 is 0 Å². The van der Waals surface area contributed by atoms with Gasteiger partial charge in [-0.25, -0.2) is 4.98 Å². The van der Waals surface area contributed by atoms with E-state index >= 15 is 0 Å². The zero-order valence-electron chi connectivity index (χ0n) is 6.39. The van der Waals surface area contributed by atoms with Gasteiger partial charge in [0.2, 0.25) is 0 Å². The number of hydrogen-bond acceptors (Lipinski definition) is 1. The minimum atomic E-state index is 0.511. The Balaban J connectivity index is 2.89. The van der Waals surface area contributed by atoms with Crippen LogP contribution in [0, 0.1) is 3.57 Å². The third-order valence-corrected chi connectivity index (χ3v) is 3.70. The molecule has 1 heterocycles. The Bertz CT molecular complexity index is 472. The summed E-state index contributed by atoms with van der Waals surface area (Å²) in [5.74, 6) is 0. The summed E-state index contributed by atoms with van der Waals surface area (Å²) < 4.78 is 1.95. The number of aromatic nitrogens is 1. The fraction of sp³-hybridized carbons (Fsp3) is 0. The van der Waals surface area contributed by atoms with Gasteiger partial charge in [0.05, 0.1) is 9.99 Å². The summed E-state index contributed by atoms with van der Waals surface area (Å²) in [6.45, 7) is 0. The predicted octanol–water partition coefficient (Wildman–Crippen LogP) is 4.26. The summed E-state index contributed by atoms with van der Waals surface area (Å²) in [6, 6.07) is 8.02. The second-order valence-corrected chi connectivity index (χ2v) is 4.95. The van der Waals surface area contributed by atoms with Gasteiger partial charge in [-0.1, -0.05) is 23.7 Å². The van der Waals surface area contributed by atoms with Crippen LogP contribution in [-0.2, 0) is 0 Å². The maximum atomic E-state index is 5.90. The second-order valence-electron chi connectivity index (χ2n) is 2.57. The van der Waals surface area contributed by atoms with Crippen molar-refractivity contribution in [1.82, 2.24) is 4.98 Å². The van der Waals surface area contributed by atoms with Crippen molar-refractivity contribution >= 4 is 61.0 Å². The van der Waals surface area contributed by atoms with Crippen LogP contribution in [-0.4, -0.2) is 4.98 Å². The third kappa shape index (κ3) is 1.82. The molecule has 66 valence electrons. The minimum Gasteiger partial charge on any atom is -0.234 e. The summed E-state index contributed by atoms with van der Waals surface area (Å²) in [7, 11) is 0. The van der Waals surface area contributed by atoms with E-state index in [1.165, 1.54) is 0 Å². The number of para-hydroxylation sites is 1. The highest BCUT2D eigenvalue weighted by atomic mass is 127.